The van der Waals surface area contributed by atoms with Crippen LogP contribution >= 0.6 is 0 Å². The fraction of sp³-hybridized carbons (Fsp3) is 0.667. The molecule has 0 fully saturated rings. The minimum absolute atomic E-state index is 0. The predicted molar refractivity (Wildman–Crippen MR) is 70.5 cm³/mol. The molecule has 0 unspecified atom stereocenters. The summed E-state index contributed by atoms with van der Waals surface area (Å²) in [6.07, 6.45) is 4.00. The van der Waals surface area contributed by atoms with Crippen molar-refractivity contribution in [1.29, 1.82) is 0 Å². The average Bonchev–Trinajstić information content (AvgIpc) is 1.39. The third kappa shape index (κ3) is 1450. The molecule has 0 aromatic rings. The Balaban J connectivity index is -0.000000000769. The van der Waals surface area contributed by atoms with E-state index in [-0.39, 0.29) is 130 Å². The van der Waals surface area contributed by atoms with Crippen LogP contribution < -0.4 is 0 Å². The molecule has 0 atom stereocenters. The van der Waals surface area contributed by atoms with Gasteiger partial charge in [0.25, 0.3) is 0 Å². The Kier molecular flexibility index (Phi) is 5170. The summed E-state index contributed by atoms with van der Waals surface area (Å²) in [6, 6.07) is 0. The van der Waals surface area contributed by atoms with Gasteiger partial charge in [-0.25, -0.2) is 0 Å². The Labute approximate surface area is 169 Å². The molecule has 0 aliphatic heterocycles. The molecule has 0 radical (unpaired) electrons. The van der Waals surface area contributed by atoms with E-state index in [1.165, 1.54) is 0 Å². The van der Waals surface area contributed by atoms with Gasteiger partial charge in [-0.05, 0) is 0 Å². The van der Waals surface area contributed by atoms with Gasteiger partial charge in [-0.15, -0.1) is 0 Å². The van der Waals surface area contributed by atoms with E-state index >= 15 is 0 Å². The zero-order valence-corrected chi connectivity index (χ0v) is 24.7. The first-order valence-corrected chi connectivity index (χ1v) is 2.31. The normalized spacial score (nSPS) is 1.89. The molecule has 0 bridgehead atoms. The molecular weight excluding hydrogens is 470 g/mol. The van der Waals surface area contributed by atoms with Crippen LogP contribution in [0.15, 0.2) is 0 Å². The van der Waals surface area contributed by atoms with Crippen LogP contribution in [-0.4, -0.2) is 27.4 Å². The zero-order chi connectivity index (χ0) is 5.41. The van der Waals surface area contributed by atoms with E-state index in [1.54, 1.807) is 0 Å². The minimum Gasteiger partial charge on any atom is -0.693 e. The Morgan fingerprint density at radius 2 is 0.421 bits per heavy atom. The average molecular weight is 502 g/mol. The molecule has 18 N–H and O–H groups in total. The molecule has 0 rings (SSSR count). The molecule has 0 heterocycles. The van der Waals surface area contributed by atoms with Gasteiger partial charge in [0.2, 0.25) is 0 Å². The van der Waals surface area contributed by atoms with Gasteiger partial charge in [-0.2, -0.15) is 27.7 Å². The molecular formula is C6H32N4O5Zn4-2. The second-order valence-corrected chi connectivity index (χ2v) is 1.15. The molecule has 0 amide bonds. The van der Waals surface area contributed by atoms with E-state index in [0.29, 0.717) is 0 Å². The zero-order valence-electron chi connectivity index (χ0n) is 12.8. The van der Waals surface area contributed by atoms with E-state index in [9.17, 15) is 0 Å². The largest absolute Gasteiger partial charge is 2.00 e. The maximum atomic E-state index is 2.00. The summed E-state index contributed by atoms with van der Waals surface area (Å²) in [5.74, 6) is 0. The van der Waals surface area contributed by atoms with Crippen molar-refractivity contribution >= 4 is 0 Å². The minimum atomic E-state index is 0. The van der Waals surface area contributed by atoms with Crippen LogP contribution in [0.2, 0.25) is 0 Å². The number of hydrogen-bond acceptors (Lipinski definition) is 0. The van der Waals surface area contributed by atoms with Crippen molar-refractivity contribution in [1.82, 2.24) is 0 Å². The van der Waals surface area contributed by atoms with Crippen LogP contribution in [-0.2, 0) is 77.9 Å². The molecule has 0 spiro atoms. The van der Waals surface area contributed by atoms with Crippen LogP contribution in [0.1, 0.15) is 27.7 Å². The molecule has 0 saturated heterocycles. The van der Waals surface area contributed by atoms with Gasteiger partial charge in [-0.3, -0.25) is 0 Å². The van der Waals surface area contributed by atoms with E-state index in [2.05, 4.69) is 0 Å². The molecule has 0 aliphatic rings. The van der Waals surface area contributed by atoms with Crippen LogP contribution in [0, 0.1) is 12.8 Å². The van der Waals surface area contributed by atoms with Gasteiger partial charge in [0.15, 0.2) is 0 Å². The molecule has 0 aromatic carbocycles. The first kappa shape index (κ1) is 228. The van der Waals surface area contributed by atoms with Gasteiger partial charge in [-0.1, -0.05) is 0 Å². The van der Waals surface area contributed by atoms with E-state index in [1.807, 2.05) is 40.5 Å². The number of hydrogen-bond donors (Lipinski definition) is 0. The van der Waals surface area contributed by atoms with Crippen LogP contribution in [0.25, 0.3) is 24.6 Å². The standard InChI is InChI=1S/2C3H7.4H2N.5H2O.4Zn/c2*1-3-2;;;;;;;;;;;;;/h2*3H,1-2H3;9*1H2;;;;/q6*-1;;;;;;;;2*+2. The fourth-order valence-corrected chi connectivity index (χ4v) is 0. The summed E-state index contributed by atoms with van der Waals surface area (Å²) in [5, 5.41) is 0. The van der Waals surface area contributed by atoms with Crippen molar-refractivity contribution in [3.05, 3.63) is 37.4 Å². The van der Waals surface area contributed by atoms with Crippen LogP contribution in [0.3, 0.4) is 0 Å². The van der Waals surface area contributed by atoms with Gasteiger partial charge in [0, 0.05) is 39.0 Å². The van der Waals surface area contributed by atoms with Crippen molar-refractivity contribution in [2.75, 3.05) is 0 Å². The Bertz CT molecular complexity index is 39.6. The SMILES string of the molecule is C[CH-]C.C[CH-]C.O.O.O.O.O.[NH2-].[NH2-].[NH2-].[NH2-].[Zn+2].[Zn+2].[Zn].[Zn]. The fourth-order valence-electron chi connectivity index (χ4n) is 0. The molecule has 19 heavy (non-hydrogen) atoms. The summed E-state index contributed by atoms with van der Waals surface area (Å²) in [6.45, 7) is 8.00. The summed E-state index contributed by atoms with van der Waals surface area (Å²) < 4.78 is 0. The van der Waals surface area contributed by atoms with Gasteiger partial charge in [0.1, 0.15) is 0 Å². The second kappa shape index (κ2) is 431. The van der Waals surface area contributed by atoms with E-state index in [4.69, 9.17) is 0 Å². The summed E-state index contributed by atoms with van der Waals surface area (Å²) in [4.78, 5) is 0. The Morgan fingerprint density at radius 1 is 0.421 bits per heavy atom. The molecule has 0 saturated carbocycles. The summed E-state index contributed by atoms with van der Waals surface area (Å²) >= 11 is 0. The summed E-state index contributed by atoms with van der Waals surface area (Å²) in [7, 11) is 0. The third-order valence-electron chi connectivity index (χ3n) is 0. The smallest absolute Gasteiger partial charge is 0.693 e. The molecule has 0 aliphatic carbocycles. The quantitative estimate of drug-likeness (QED) is 0.333. The third-order valence-corrected chi connectivity index (χ3v) is 0. The van der Waals surface area contributed by atoms with Crippen LogP contribution in [0.4, 0.5) is 0 Å². The Hall–Kier alpha value is 2.13. The van der Waals surface area contributed by atoms with Crippen molar-refractivity contribution in [2.45, 2.75) is 27.7 Å². The van der Waals surface area contributed by atoms with E-state index in [0.717, 1.165) is 0 Å². The first-order chi connectivity index (χ1) is 2.83. The second-order valence-electron chi connectivity index (χ2n) is 1.15. The number of nitrogens with two attached hydrogens (primary N) is 4. The van der Waals surface area contributed by atoms with Crippen molar-refractivity contribution in [3.8, 4) is 0 Å². The van der Waals surface area contributed by atoms with Crippen molar-refractivity contribution in [2.24, 2.45) is 0 Å². The molecule has 0 aromatic heterocycles. The monoisotopic (exact) mass is 496 g/mol. The van der Waals surface area contributed by atoms with Crippen LogP contribution in [0.5, 0.6) is 0 Å². The van der Waals surface area contributed by atoms with Crippen molar-refractivity contribution in [3.63, 3.8) is 0 Å². The van der Waals surface area contributed by atoms with Gasteiger partial charge in [0.05, 0.1) is 0 Å². The molecule has 116 valence electrons. The topological polar surface area (TPSA) is 292 Å². The molecule has 9 nitrogen and oxygen atoms in total. The number of rotatable bonds is 0. The van der Waals surface area contributed by atoms with Gasteiger partial charge >= 0.3 is 39.0 Å². The maximum Gasteiger partial charge on any atom is 2.00 e. The van der Waals surface area contributed by atoms with E-state index < -0.39 is 0 Å². The Morgan fingerprint density at radius 3 is 0.421 bits per heavy atom. The maximum absolute atomic E-state index is 2.00. The van der Waals surface area contributed by atoms with Crippen molar-refractivity contribution < 1.29 is 105 Å². The first-order valence-electron chi connectivity index (χ1n) is 2.31. The summed E-state index contributed by atoms with van der Waals surface area (Å²) in [5.41, 5.74) is 0. The predicted octanol–water partition coefficient (Wildman–Crippen LogP) is 1.20. The van der Waals surface area contributed by atoms with Gasteiger partial charge < -0.3 is 64.8 Å². The molecule has 13 heteroatoms.